The first-order valence-electron chi connectivity index (χ1n) is 10.6. The number of thiazole rings is 1. The molecular weight excluding hydrogens is 416 g/mol. The van der Waals surface area contributed by atoms with E-state index < -0.39 is 0 Å². The molecule has 0 aliphatic carbocycles. The van der Waals surface area contributed by atoms with Gasteiger partial charge in [-0.05, 0) is 18.6 Å². The highest BCUT2D eigenvalue weighted by molar-refractivity contribution is 7.99. The molecule has 6 nitrogen and oxygen atoms in total. The third-order valence-electron chi connectivity index (χ3n) is 5.59. The van der Waals surface area contributed by atoms with E-state index in [0.29, 0.717) is 6.54 Å². The molecule has 2 aliphatic rings. The second-order valence-electron chi connectivity index (χ2n) is 7.60. The Bertz CT molecular complexity index is 893. The van der Waals surface area contributed by atoms with Crippen LogP contribution in [0.25, 0.3) is 0 Å². The summed E-state index contributed by atoms with van der Waals surface area (Å²) in [7, 11) is 0. The molecule has 0 bridgehead atoms. The molecule has 1 fully saturated rings. The molecule has 0 unspecified atom stereocenters. The topological polar surface area (TPSA) is 56.8 Å². The van der Waals surface area contributed by atoms with Crippen LogP contribution in [0.5, 0.6) is 0 Å². The van der Waals surface area contributed by atoms with E-state index in [1.807, 2.05) is 28.0 Å². The zero-order valence-electron chi connectivity index (χ0n) is 17.4. The van der Waals surface area contributed by atoms with E-state index >= 15 is 0 Å². The lowest BCUT2D eigenvalue weighted by atomic mass is 10.2. The smallest absolute Gasteiger partial charge is 0.227 e. The fourth-order valence-corrected chi connectivity index (χ4v) is 5.63. The highest BCUT2D eigenvalue weighted by Crippen LogP contribution is 2.34. The summed E-state index contributed by atoms with van der Waals surface area (Å²) in [6.45, 7) is 6.85. The van der Waals surface area contributed by atoms with Crippen molar-refractivity contribution in [1.82, 2.24) is 14.8 Å². The van der Waals surface area contributed by atoms with Crippen LogP contribution in [0.1, 0.15) is 30.5 Å². The zero-order chi connectivity index (χ0) is 20.9. The number of anilines is 1. The van der Waals surface area contributed by atoms with E-state index in [0.717, 1.165) is 61.2 Å². The van der Waals surface area contributed by atoms with Crippen molar-refractivity contribution in [2.45, 2.75) is 37.6 Å². The zero-order valence-corrected chi connectivity index (χ0v) is 19.0. The number of carbonyl (C=O) groups excluding carboxylic acids is 2. The van der Waals surface area contributed by atoms with Gasteiger partial charge in [0.1, 0.15) is 0 Å². The molecule has 3 heterocycles. The molecule has 4 rings (SSSR count). The molecule has 2 amide bonds. The summed E-state index contributed by atoms with van der Waals surface area (Å²) >= 11 is 3.50. The van der Waals surface area contributed by atoms with E-state index in [9.17, 15) is 9.59 Å². The van der Waals surface area contributed by atoms with Crippen molar-refractivity contribution in [3.8, 4) is 0 Å². The molecule has 30 heavy (non-hydrogen) atoms. The highest BCUT2D eigenvalue weighted by atomic mass is 32.2. The lowest BCUT2D eigenvalue weighted by molar-refractivity contribution is -0.134. The van der Waals surface area contributed by atoms with Gasteiger partial charge in [-0.15, -0.1) is 23.1 Å². The number of para-hydroxylation sites is 1. The van der Waals surface area contributed by atoms with E-state index in [2.05, 4.69) is 28.3 Å². The van der Waals surface area contributed by atoms with Crippen LogP contribution < -0.4 is 4.90 Å². The third-order valence-corrected chi connectivity index (χ3v) is 7.68. The van der Waals surface area contributed by atoms with Gasteiger partial charge in [0, 0.05) is 68.1 Å². The predicted octanol–water partition coefficient (Wildman–Crippen LogP) is 3.27. The molecule has 0 atom stereocenters. The van der Waals surface area contributed by atoms with Gasteiger partial charge in [-0.2, -0.15) is 0 Å². The quantitative estimate of drug-likeness (QED) is 0.685. The molecule has 160 valence electrons. The Morgan fingerprint density at radius 1 is 1.03 bits per heavy atom. The molecule has 0 N–H and O–H groups in total. The van der Waals surface area contributed by atoms with Crippen LogP contribution in [0.3, 0.4) is 0 Å². The molecule has 1 aromatic heterocycles. The van der Waals surface area contributed by atoms with Crippen LogP contribution in [0.4, 0.5) is 5.69 Å². The van der Waals surface area contributed by atoms with Crippen LogP contribution in [0, 0.1) is 0 Å². The maximum Gasteiger partial charge on any atom is 0.227 e. The molecule has 8 heteroatoms. The predicted molar refractivity (Wildman–Crippen MR) is 122 cm³/mol. The molecule has 0 radical (unpaired) electrons. The minimum atomic E-state index is 0.0463. The molecule has 2 aliphatic heterocycles. The van der Waals surface area contributed by atoms with Crippen LogP contribution in [-0.2, 0) is 22.6 Å². The average Bonchev–Trinajstić information content (AvgIpc) is 3.25. The van der Waals surface area contributed by atoms with Gasteiger partial charge in [0.25, 0.3) is 0 Å². The number of aryl methyl sites for hydroxylation is 1. The van der Waals surface area contributed by atoms with Crippen molar-refractivity contribution in [3.05, 3.63) is 40.3 Å². The standard InChI is InChI=1S/C22H28N4O2S2/c1-2-20-23-17(16-30-20)15-24-9-11-25(12-10-24)21(27)7-8-22(28)26-13-14-29-19-6-4-3-5-18(19)26/h3-6,16H,2,7-15H2,1H3. The van der Waals surface area contributed by atoms with E-state index in [1.54, 1.807) is 23.1 Å². The number of nitrogens with zero attached hydrogens (tertiary/aromatic N) is 4. The molecule has 2 aromatic rings. The van der Waals surface area contributed by atoms with Crippen LogP contribution in [0.15, 0.2) is 34.5 Å². The number of hydrogen-bond acceptors (Lipinski definition) is 6. The summed E-state index contributed by atoms with van der Waals surface area (Å²) in [5, 5.41) is 3.32. The molecular formula is C22H28N4O2S2. The van der Waals surface area contributed by atoms with E-state index in [1.165, 1.54) is 5.01 Å². The van der Waals surface area contributed by atoms with Crippen molar-refractivity contribution < 1.29 is 9.59 Å². The molecule has 1 aromatic carbocycles. The van der Waals surface area contributed by atoms with Crippen molar-refractivity contribution >= 4 is 40.6 Å². The summed E-state index contributed by atoms with van der Waals surface area (Å²) < 4.78 is 0. The molecule has 0 spiro atoms. The molecule has 0 saturated carbocycles. The number of benzene rings is 1. The normalized spacial score (nSPS) is 17.1. The van der Waals surface area contributed by atoms with E-state index in [4.69, 9.17) is 0 Å². The lowest BCUT2D eigenvalue weighted by Gasteiger charge is -2.34. The van der Waals surface area contributed by atoms with E-state index in [-0.39, 0.29) is 24.7 Å². The lowest BCUT2D eigenvalue weighted by Crippen LogP contribution is -2.48. The number of fused-ring (bicyclic) bond motifs is 1. The number of thioether (sulfide) groups is 1. The van der Waals surface area contributed by atoms with Gasteiger partial charge in [0.05, 0.1) is 16.4 Å². The Labute approximate surface area is 186 Å². The highest BCUT2D eigenvalue weighted by Gasteiger charge is 2.25. The Kier molecular flexibility index (Phi) is 7.07. The van der Waals surface area contributed by atoms with Gasteiger partial charge in [0.2, 0.25) is 11.8 Å². The van der Waals surface area contributed by atoms with Crippen molar-refractivity contribution in [3.63, 3.8) is 0 Å². The van der Waals surface area contributed by atoms with Crippen LogP contribution >= 0.6 is 23.1 Å². The molecule has 1 saturated heterocycles. The van der Waals surface area contributed by atoms with Crippen molar-refractivity contribution in [2.75, 3.05) is 43.4 Å². The van der Waals surface area contributed by atoms with Gasteiger partial charge in [-0.1, -0.05) is 19.1 Å². The first kappa shape index (κ1) is 21.3. The van der Waals surface area contributed by atoms with Crippen LogP contribution in [-0.4, -0.2) is 65.1 Å². The van der Waals surface area contributed by atoms with Gasteiger partial charge in [0.15, 0.2) is 0 Å². The Hall–Kier alpha value is -1.90. The minimum Gasteiger partial charge on any atom is -0.340 e. The summed E-state index contributed by atoms with van der Waals surface area (Å²) in [6.07, 6.45) is 1.54. The number of rotatable bonds is 6. The van der Waals surface area contributed by atoms with Gasteiger partial charge < -0.3 is 9.80 Å². The number of hydrogen-bond donors (Lipinski definition) is 0. The first-order chi connectivity index (χ1) is 14.6. The number of aromatic nitrogens is 1. The summed E-state index contributed by atoms with van der Waals surface area (Å²) in [4.78, 5) is 37.3. The summed E-state index contributed by atoms with van der Waals surface area (Å²) in [5.74, 6) is 1.03. The van der Waals surface area contributed by atoms with Crippen molar-refractivity contribution in [2.24, 2.45) is 0 Å². The number of carbonyl (C=O) groups is 2. The van der Waals surface area contributed by atoms with Crippen LogP contribution in [0.2, 0.25) is 0 Å². The largest absolute Gasteiger partial charge is 0.340 e. The minimum absolute atomic E-state index is 0.0463. The monoisotopic (exact) mass is 444 g/mol. The SMILES string of the molecule is CCc1nc(CN2CCN(C(=O)CCC(=O)N3CCSc4ccccc43)CC2)cs1. The average molecular weight is 445 g/mol. The van der Waals surface area contributed by atoms with Gasteiger partial charge in [-0.3, -0.25) is 14.5 Å². The third kappa shape index (κ3) is 5.04. The number of piperazine rings is 1. The Morgan fingerprint density at radius 3 is 2.57 bits per heavy atom. The second kappa shape index (κ2) is 9.94. The first-order valence-corrected chi connectivity index (χ1v) is 12.5. The Balaban J connectivity index is 1.23. The fraction of sp³-hybridized carbons (Fsp3) is 0.500. The maximum atomic E-state index is 12.8. The van der Waals surface area contributed by atoms with Crippen molar-refractivity contribution in [1.29, 1.82) is 0 Å². The fourth-order valence-electron chi connectivity index (χ4n) is 3.90. The van der Waals surface area contributed by atoms with Gasteiger partial charge >= 0.3 is 0 Å². The van der Waals surface area contributed by atoms with Gasteiger partial charge in [-0.25, -0.2) is 4.98 Å². The maximum absolute atomic E-state index is 12.8. The number of amides is 2. The summed E-state index contributed by atoms with van der Waals surface area (Å²) in [5.41, 5.74) is 2.11. The Morgan fingerprint density at radius 2 is 1.80 bits per heavy atom. The summed E-state index contributed by atoms with van der Waals surface area (Å²) in [6, 6.07) is 8.01. The second-order valence-corrected chi connectivity index (χ2v) is 9.68.